The van der Waals surface area contributed by atoms with Crippen molar-refractivity contribution in [2.75, 3.05) is 5.32 Å². The maximum absolute atomic E-state index is 12.1. The highest BCUT2D eigenvalue weighted by Gasteiger charge is 2.14. The second-order valence-corrected chi connectivity index (χ2v) is 7.33. The highest BCUT2D eigenvalue weighted by atomic mass is 32.1. The van der Waals surface area contributed by atoms with Gasteiger partial charge in [0.15, 0.2) is 0 Å². The van der Waals surface area contributed by atoms with Crippen molar-refractivity contribution in [3.8, 4) is 0 Å². The first-order valence-electron chi connectivity index (χ1n) is 7.15. The number of aryl methyl sites for hydroxylation is 2. The minimum atomic E-state index is -0.129. The first-order valence-corrected chi connectivity index (χ1v) is 8.78. The molecule has 3 rings (SSSR count). The third kappa shape index (κ3) is 3.02. The van der Waals surface area contributed by atoms with E-state index in [1.54, 1.807) is 17.4 Å². The van der Waals surface area contributed by atoms with Crippen LogP contribution >= 0.6 is 22.7 Å². The summed E-state index contributed by atoms with van der Waals surface area (Å²) in [6, 6.07) is 1.61. The first-order chi connectivity index (χ1) is 10.6. The van der Waals surface area contributed by atoms with Crippen LogP contribution in [0.2, 0.25) is 0 Å². The van der Waals surface area contributed by atoms with Gasteiger partial charge in [0.05, 0.1) is 6.04 Å². The maximum Gasteiger partial charge on any atom is 0.275 e. The molecule has 3 heterocycles. The smallest absolute Gasteiger partial charge is 0.275 e. The Kier molecular flexibility index (Phi) is 4.21. The van der Waals surface area contributed by atoms with Crippen molar-refractivity contribution >= 4 is 32.8 Å². The summed E-state index contributed by atoms with van der Waals surface area (Å²) < 4.78 is 1.35. The molecule has 0 fully saturated rings. The average molecular weight is 335 g/mol. The molecule has 0 aliphatic rings. The van der Waals surface area contributed by atoms with E-state index in [1.165, 1.54) is 20.7 Å². The monoisotopic (exact) mass is 335 g/mol. The molecule has 0 saturated carbocycles. The zero-order chi connectivity index (χ0) is 15.7. The number of anilines is 1. The quantitative estimate of drug-likeness (QED) is 0.776. The van der Waals surface area contributed by atoms with Gasteiger partial charge in [-0.3, -0.25) is 4.79 Å². The van der Waals surface area contributed by atoms with Crippen LogP contribution in [-0.4, -0.2) is 19.6 Å². The van der Waals surface area contributed by atoms with Crippen molar-refractivity contribution in [2.45, 2.75) is 39.7 Å². The predicted octanol–water partition coefficient (Wildman–Crippen LogP) is 3.04. The van der Waals surface area contributed by atoms with E-state index in [-0.39, 0.29) is 11.6 Å². The highest BCUT2D eigenvalue weighted by Crippen LogP contribution is 2.25. The molecule has 1 atom stereocenters. The molecule has 0 amide bonds. The predicted molar refractivity (Wildman–Crippen MR) is 90.0 cm³/mol. The van der Waals surface area contributed by atoms with Crippen molar-refractivity contribution in [3.05, 3.63) is 38.2 Å². The van der Waals surface area contributed by atoms with E-state index in [0.29, 0.717) is 10.1 Å². The summed E-state index contributed by atoms with van der Waals surface area (Å²) in [5.74, 6) is 0. The van der Waals surface area contributed by atoms with Crippen molar-refractivity contribution < 1.29 is 0 Å². The number of rotatable bonds is 5. The van der Waals surface area contributed by atoms with Crippen molar-refractivity contribution in [1.29, 1.82) is 0 Å². The molecule has 8 heteroatoms. The minimum Gasteiger partial charge on any atom is -0.351 e. The van der Waals surface area contributed by atoms with Crippen LogP contribution in [0.3, 0.4) is 0 Å². The average Bonchev–Trinajstić information content (AvgIpc) is 3.05. The molecule has 1 N–H and O–H groups in total. The molecule has 0 spiro atoms. The molecule has 0 saturated heterocycles. The van der Waals surface area contributed by atoms with Gasteiger partial charge in [-0.2, -0.15) is 4.52 Å². The summed E-state index contributed by atoms with van der Waals surface area (Å²) in [5.41, 5.74) is 0.696. The van der Waals surface area contributed by atoms with Gasteiger partial charge in [0.2, 0.25) is 10.1 Å². The maximum atomic E-state index is 12.1. The van der Waals surface area contributed by atoms with Gasteiger partial charge in [-0.1, -0.05) is 24.7 Å². The zero-order valence-electron chi connectivity index (χ0n) is 12.7. The van der Waals surface area contributed by atoms with Crippen LogP contribution in [0.25, 0.3) is 4.96 Å². The fraction of sp³-hybridized carbons (Fsp3) is 0.429. The fourth-order valence-corrected chi connectivity index (χ4v) is 3.81. The van der Waals surface area contributed by atoms with Crippen LogP contribution in [0.5, 0.6) is 0 Å². The molecular formula is C14H17N5OS2. The highest BCUT2D eigenvalue weighted by molar-refractivity contribution is 7.20. The Morgan fingerprint density at radius 2 is 2.23 bits per heavy atom. The third-order valence-corrected chi connectivity index (χ3v) is 5.09. The normalized spacial score (nSPS) is 12.7. The summed E-state index contributed by atoms with van der Waals surface area (Å²) in [6.45, 7) is 6.13. The lowest BCUT2D eigenvalue weighted by Gasteiger charge is -2.08. The van der Waals surface area contributed by atoms with Gasteiger partial charge >= 0.3 is 0 Å². The summed E-state index contributed by atoms with van der Waals surface area (Å²) in [5, 5.41) is 9.29. The van der Waals surface area contributed by atoms with Gasteiger partial charge in [0, 0.05) is 22.8 Å². The Labute approximate surface area is 135 Å². The summed E-state index contributed by atoms with van der Waals surface area (Å²) in [4.78, 5) is 22.7. The van der Waals surface area contributed by atoms with Crippen LogP contribution < -0.4 is 10.9 Å². The number of nitrogens with zero attached hydrogens (tertiary/aromatic N) is 4. The van der Waals surface area contributed by atoms with E-state index >= 15 is 0 Å². The largest absolute Gasteiger partial charge is 0.351 e. The summed E-state index contributed by atoms with van der Waals surface area (Å²) in [7, 11) is 0. The fourth-order valence-electron chi connectivity index (χ4n) is 2.12. The molecule has 6 nitrogen and oxygen atoms in total. The molecule has 0 radical (unpaired) electrons. The molecule has 116 valence electrons. The molecule has 0 aromatic carbocycles. The number of nitrogens with one attached hydrogen (secondary N) is 1. The van der Waals surface area contributed by atoms with E-state index in [9.17, 15) is 4.79 Å². The van der Waals surface area contributed by atoms with E-state index in [1.807, 2.05) is 20.0 Å². The Morgan fingerprint density at radius 3 is 2.91 bits per heavy atom. The Morgan fingerprint density at radius 1 is 1.41 bits per heavy atom. The Hall–Kier alpha value is -1.80. The van der Waals surface area contributed by atoms with Crippen molar-refractivity contribution in [1.82, 2.24) is 19.6 Å². The number of aromatic nitrogens is 4. The number of hydrogen-bond acceptors (Lipinski definition) is 7. The standard InChI is InChI=1S/C14H17N5OS2/c1-4-5-10-6-11(20)19-14(17-10)22-13(18-19)16-9(3)12-15-7-8(2)21-12/h6-7,9H,4-5H2,1-3H3,(H,16,18). The molecule has 0 aliphatic heterocycles. The SMILES string of the molecule is CCCc1cc(=O)n2nc(NC(C)c3ncc(C)s3)sc2n1. The third-order valence-electron chi connectivity index (χ3n) is 3.15. The first kappa shape index (κ1) is 15.1. The zero-order valence-corrected chi connectivity index (χ0v) is 14.3. The lowest BCUT2D eigenvalue weighted by Crippen LogP contribution is -2.15. The van der Waals surface area contributed by atoms with Crippen molar-refractivity contribution in [2.24, 2.45) is 0 Å². The van der Waals surface area contributed by atoms with Gasteiger partial charge in [-0.15, -0.1) is 16.4 Å². The van der Waals surface area contributed by atoms with Crippen LogP contribution in [-0.2, 0) is 6.42 Å². The molecule has 1 unspecified atom stereocenters. The topological polar surface area (TPSA) is 72.2 Å². The Bertz CT molecular complexity index is 850. The van der Waals surface area contributed by atoms with Crippen LogP contribution in [0.1, 0.15) is 41.9 Å². The van der Waals surface area contributed by atoms with Gasteiger partial charge in [-0.25, -0.2) is 9.97 Å². The summed E-state index contributed by atoms with van der Waals surface area (Å²) >= 11 is 3.04. The van der Waals surface area contributed by atoms with E-state index in [2.05, 4.69) is 27.3 Å². The summed E-state index contributed by atoms with van der Waals surface area (Å²) in [6.07, 6.45) is 3.63. The van der Waals surface area contributed by atoms with E-state index < -0.39 is 0 Å². The molecule has 3 aromatic heterocycles. The minimum absolute atomic E-state index is 0.0464. The number of thiazole rings is 1. The molecule has 0 aliphatic carbocycles. The van der Waals surface area contributed by atoms with Crippen LogP contribution in [0.15, 0.2) is 17.1 Å². The Balaban J connectivity index is 1.88. The lowest BCUT2D eigenvalue weighted by atomic mass is 10.2. The van der Waals surface area contributed by atoms with E-state index in [0.717, 1.165) is 23.5 Å². The van der Waals surface area contributed by atoms with Gasteiger partial charge in [0.25, 0.3) is 5.56 Å². The molecule has 22 heavy (non-hydrogen) atoms. The van der Waals surface area contributed by atoms with Crippen LogP contribution in [0.4, 0.5) is 5.13 Å². The molecular weight excluding hydrogens is 318 g/mol. The number of hydrogen-bond donors (Lipinski definition) is 1. The second kappa shape index (κ2) is 6.13. The van der Waals surface area contributed by atoms with Crippen LogP contribution in [0, 0.1) is 6.92 Å². The molecule has 3 aromatic rings. The van der Waals surface area contributed by atoms with Gasteiger partial charge in [-0.05, 0) is 20.3 Å². The van der Waals surface area contributed by atoms with Crippen molar-refractivity contribution in [3.63, 3.8) is 0 Å². The number of fused-ring (bicyclic) bond motifs is 1. The second-order valence-electron chi connectivity index (χ2n) is 5.11. The van der Waals surface area contributed by atoms with Gasteiger partial charge in [0.1, 0.15) is 5.01 Å². The molecule has 0 bridgehead atoms. The van der Waals surface area contributed by atoms with Gasteiger partial charge < -0.3 is 5.32 Å². The lowest BCUT2D eigenvalue weighted by molar-refractivity contribution is 0.823. The van der Waals surface area contributed by atoms with E-state index in [4.69, 9.17) is 0 Å².